The Balaban J connectivity index is 1.42. The van der Waals surface area contributed by atoms with Crippen LogP contribution in [0.25, 0.3) is 0 Å². The first-order valence-electron chi connectivity index (χ1n) is 10.3. The molecule has 1 amide bonds. The largest absolute Gasteiger partial charge is 0.495 e. The number of aliphatic imine (C=N–C) groups is 1. The number of benzene rings is 2. The quantitative estimate of drug-likeness (QED) is 0.371. The molecule has 1 saturated heterocycles. The van der Waals surface area contributed by atoms with E-state index in [2.05, 4.69) is 31.9 Å². The van der Waals surface area contributed by atoms with Crippen molar-refractivity contribution in [1.29, 1.82) is 0 Å². The summed E-state index contributed by atoms with van der Waals surface area (Å²) in [5.74, 6) is 1.57. The topological polar surface area (TPSA) is 78.0 Å². The molecule has 1 aliphatic rings. The molecule has 3 rings (SSSR count). The highest BCUT2D eigenvalue weighted by molar-refractivity contribution is 5.94. The first-order valence-corrected chi connectivity index (χ1v) is 10.3. The molecule has 0 bridgehead atoms. The van der Waals surface area contributed by atoms with Gasteiger partial charge in [-0.2, -0.15) is 0 Å². The Morgan fingerprint density at radius 1 is 1.17 bits per heavy atom. The van der Waals surface area contributed by atoms with E-state index in [0.717, 1.165) is 42.5 Å². The molecule has 2 aromatic carbocycles. The first kappa shape index (κ1) is 21.5. The van der Waals surface area contributed by atoms with Gasteiger partial charge in [-0.15, -0.1) is 0 Å². The summed E-state index contributed by atoms with van der Waals surface area (Å²) in [7, 11) is 3.46. The molecule has 0 aliphatic carbocycles. The van der Waals surface area contributed by atoms with Crippen LogP contribution in [0.3, 0.4) is 0 Å². The molecule has 1 atom stereocenters. The van der Waals surface area contributed by atoms with Crippen LogP contribution in [-0.2, 0) is 0 Å². The van der Waals surface area contributed by atoms with Crippen molar-refractivity contribution in [3.63, 3.8) is 0 Å². The van der Waals surface area contributed by atoms with Gasteiger partial charge in [-0.1, -0.05) is 29.8 Å². The number of guanidine groups is 1. The number of ether oxygens (including phenoxy) is 1. The lowest BCUT2D eigenvalue weighted by atomic mass is 10.1. The van der Waals surface area contributed by atoms with Gasteiger partial charge < -0.3 is 25.6 Å². The SMILES string of the molecule is CN=C(NCCNC(=O)c1cccc(C)c1)NC1CCN(c2ccccc2OC)C1. The zero-order valence-corrected chi connectivity index (χ0v) is 17.9. The van der Waals surface area contributed by atoms with E-state index in [9.17, 15) is 4.79 Å². The highest BCUT2D eigenvalue weighted by Crippen LogP contribution is 2.30. The Labute approximate surface area is 178 Å². The molecule has 1 unspecified atom stereocenters. The van der Waals surface area contributed by atoms with E-state index in [1.807, 2.05) is 49.4 Å². The van der Waals surface area contributed by atoms with E-state index >= 15 is 0 Å². The molecule has 160 valence electrons. The number of carbonyl (C=O) groups is 1. The second-order valence-corrected chi connectivity index (χ2v) is 7.37. The Bertz CT molecular complexity index is 883. The smallest absolute Gasteiger partial charge is 0.251 e. The number of rotatable bonds is 7. The number of carbonyl (C=O) groups excluding carboxylic acids is 1. The summed E-state index contributed by atoms with van der Waals surface area (Å²) in [6, 6.07) is 16.0. The molecule has 0 aromatic heterocycles. The average molecular weight is 410 g/mol. The van der Waals surface area contributed by atoms with Gasteiger partial charge in [0.2, 0.25) is 0 Å². The Kier molecular flexibility index (Phi) is 7.54. The predicted octanol–water partition coefficient (Wildman–Crippen LogP) is 2.18. The maximum Gasteiger partial charge on any atom is 0.251 e. The van der Waals surface area contributed by atoms with Gasteiger partial charge in [0, 0.05) is 44.8 Å². The number of amides is 1. The maximum absolute atomic E-state index is 12.2. The summed E-state index contributed by atoms with van der Waals surface area (Å²) < 4.78 is 5.49. The average Bonchev–Trinajstić information content (AvgIpc) is 3.24. The van der Waals surface area contributed by atoms with E-state index in [1.165, 1.54) is 0 Å². The fourth-order valence-corrected chi connectivity index (χ4v) is 3.62. The maximum atomic E-state index is 12.2. The van der Waals surface area contributed by atoms with E-state index in [-0.39, 0.29) is 5.91 Å². The standard InChI is InChI=1S/C23H31N5O2/c1-17-7-6-8-18(15-17)22(29)25-12-13-26-23(24-2)27-19-11-14-28(16-19)20-9-4-5-10-21(20)30-3/h4-10,15,19H,11-14,16H2,1-3H3,(H,25,29)(H2,24,26,27). The van der Waals surface area contributed by atoms with Crippen molar-refractivity contribution in [2.45, 2.75) is 19.4 Å². The highest BCUT2D eigenvalue weighted by Gasteiger charge is 2.25. The van der Waals surface area contributed by atoms with Gasteiger partial charge >= 0.3 is 0 Å². The van der Waals surface area contributed by atoms with Crippen molar-refractivity contribution in [2.75, 3.05) is 45.2 Å². The molecule has 2 aromatic rings. The molecule has 7 heteroatoms. The van der Waals surface area contributed by atoms with E-state index in [1.54, 1.807) is 14.2 Å². The zero-order chi connectivity index (χ0) is 21.3. The van der Waals surface area contributed by atoms with Crippen LogP contribution in [0.15, 0.2) is 53.5 Å². The fourth-order valence-electron chi connectivity index (χ4n) is 3.62. The highest BCUT2D eigenvalue weighted by atomic mass is 16.5. The molecule has 0 saturated carbocycles. The zero-order valence-electron chi connectivity index (χ0n) is 17.9. The number of hydrogen-bond acceptors (Lipinski definition) is 4. The van der Waals surface area contributed by atoms with Crippen LogP contribution in [-0.4, -0.2) is 58.2 Å². The fraction of sp³-hybridized carbons (Fsp3) is 0.391. The van der Waals surface area contributed by atoms with Crippen LogP contribution in [0.5, 0.6) is 5.75 Å². The molecule has 3 N–H and O–H groups in total. The number of para-hydroxylation sites is 2. The van der Waals surface area contributed by atoms with Crippen molar-refractivity contribution >= 4 is 17.6 Å². The van der Waals surface area contributed by atoms with E-state index in [0.29, 0.717) is 24.7 Å². The molecule has 7 nitrogen and oxygen atoms in total. The summed E-state index contributed by atoms with van der Waals surface area (Å²) in [6.07, 6.45) is 1.02. The lowest BCUT2D eigenvalue weighted by Crippen LogP contribution is -2.46. The number of methoxy groups -OCH3 is 1. The minimum Gasteiger partial charge on any atom is -0.495 e. The summed E-state index contributed by atoms with van der Waals surface area (Å²) in [5, 5.41) is 9.68. The summed E-state index contributed by atoms with van der Waals surface area (Å²) in [5.41, 5.74) is 2.87. The van der Waals surface area contributed by atoms with Crippen LogP contribution in [0.4, 0.5) is 5.69 Å². The number of nitrogens with zero attached hydrogens (tertiary/aromatic N) is 2. The second-order valence-electron chi connectivity index (χ2n) is 7.37. The minimum absolute atomic E-state index is 0.0633. The number of aryl methyl sites for hydroxylation is 1. The van der Waals surface area contributed by atoms with Gasteiger partial charge in [0.15, 0.2) is 5.96 Å². The van der Waals surface area contributed by atoms with Crippen LogP contribution in [0.2, 0.25) is 0 Å². The van der Waals surface area contributed by atoms with Crippen LogP contribution in [0, 0.1) is 6.92 Å². The van der Waals surface area contributed by atoms with Gasteiger partial charge in [0.1, 0.15) is 5.75 Å². The molecule has 30 heavy (non-hydrogen) atoms. The molecular formula is C23H31N5O2. The Hall–Kier alpha value is -3.22. The van der Waals surface area contributed by atoms with E-state index < -0.39 is 0 Å². The molecule has 1 heterocycles. The molecular weight excluding hydrogens is 378 g/mol. The first-order chi connectivity index (χ1) is 14.6. The predicted molar refractivity (Wildman–Crippen MR) is 122 cm³/mol. The number of hydrogen-bond donors (Lipinski definition) is 3. The number of nitrogens with one attached hydrogen (secondary N) is 3. The van der Waals surface area contributed by atoms with Gasteiger partial charge in [-0.25, -0.2) is 0 Å². The van der Waals surface area contributed by atoms with Crippen molar-refractivity contribution in [3.8, 4) is 5.75 Å². The van der Waals surface area contributed by atoms with Crippen LogP contribution < -0.4 is 25.6 Å². The van der Waals surface area contributed by atoms with Crippen molar-refractivity contribution in [3.05, 3.63) is 59.7 Å². The van der Waals surface area contributed by atoms with Crippen LogP contribution >= 0.6 is 0 Å². The number of anilines is 1. The lowest BCUT2D eigenvalue weighted by Gasteiger charge is -2.22. The normalized spacial score (nSPS) is 16.3. The Morgan fingerprint density at radius 3 is 2.73 bits per heavy atom. The van der Waals surface area contributed by atoms with Crippen molar-refractivity contribution < 1.29 is 9.53 Å². The molecule has 1 aliphatic heterocycles. The molecule has 0 spiro atoms. The Morgan fingerprint density at radius 2 is 1.97 bits per heavy atom. The second kappa shape index (κ2) is 10.5. The summed E-state index contributed by atoms with van der Waals surface area (Å²) >= 11 is 0. The van der Waals surface area contributed by atoms with Gasteiger partial charge in [0.25, 0.3) is 5.91 Å². The van der Waals surface area contributed by atoms with Crippen molar-refractivity contribution in [1.82, 2.24) is 16.0 Å². The molecule has 0 radical (unpaired) electrons. The minimum atomic E-state index is -0.0633. The third-order valence-electron chi connectivity index (χ3n) is 5.16. The van der Waals surface area contributed by atoms with Gasteiger partial charge in [-0.05, 0) is 37.6 Å². The third-order valence-corrected chi connectivity index (χ3v) is 5.16. The van der Waals surface area contributed by atoms with Crippen molar-refractivity contribution in [2.24, 2.45) is 4.99 Å². The van der Waals surface area contributed by atoms with E-state index in [4.69, 9.17) is 4.74 Å². The van der Waals surface area contributed by atoms with Gasteiger partial charge in [0.05, 0.1) is 12.8 Å². The van der Waals surface area contributed by atoms with Gasteiger partial charge in [-0.3, -0.25) is 9.79 Å². The third kappa shape index (κ3) is 5.65. The monoisotopic (exact) mass is 409 g/mol. The summed E-state index contributed by atoms with van der Waals surface area (Å²) in [4.78, 5) is 18.8. The van der Waals surface area contributed by atoms with Crippen LogP contribution in [0.1, 0.15) is 22.3 Å². The lowest BCUT2D eigenvalue weighted by molar-refractivity contribution is 0.0954. The summed E-state index contributed by atoms with van der Waals surface area (Å²) in [6.45, 7) is 4.93. The molecule has 1 fully saturated rings.